The quantitative estimate of drug-likeness (QED) is 0.399. The molecule has 3 rings (SSSR count). The largest absolute Gasteiger partial charge is 0.493 e. The number of ether oxygens (including phenoxy) is 2. The van der Waals surface area contributed by atoms with E-state index < -0.39 is 0 Å². The molecule has 0 bridgehead atoms. The molecule has 30 heavy (non-hydrogen) atoms. The van der Waals surface area contributed by atoms with Crippen LogP contribution in [0.25, 0.3) is 0 Å². The fraction of sp³-hybridized carbons (Fsp3) is 0.381. The van der Waals surface area contributed by atoms with Gasteiger partial charge in [0.25, 0.3) is 5.91 Å². The topological polar surface area (TPSA) is 76.7 Å². The molecule has 1 heterocycles. The summed E-state index contributed by atoms with van der Waals surface area (Å²) in [5.74, 6) is -0.264. The van der Waals surface area contributed by atoms with Gasteiger partial charge in [-0.25, -0.2) is 4.79 Å². The van der Waals surface area contributed by atoms with Crippen molar-refractivity contribution in [2.45, 2.75) is 39.5 Å². The van der Waals surface area contributed by atoms with Crippen LogP contribution in [0.5, 0.6) is 5.75 Å². The van der Waals surface area contributed by atoms with Crippen molar-refractivity contribution >= 4 is 61.5 Å². The number of benzene rings is 1. The van der Waals surface area contributed by atoms with E-state index in [1.165, 1.54) is 11.3 Å². The van der Waals surface area contributed by atoms with Crippen molar-refractivity contribution in [2.24, 2.45) is 0 Å². The molecular formula is C21H23BrN2O4S2. The van der Waals surface area contributed by atoms with Gasteiger partial charge in [0.05, 0.1) is 24.3 Å². The van der Waals surface area contributed by atoms with Gasteiger partial charge in [-0.1, -0.05) is 22.9 Å². The van der Waals surface area contributed by atoms with Gasteiger partial charge in [0.15, 0.2) is 5.11 Å². The van der Waals surface area contributed by atoms with E-state index in [1.54, 1.807) is 19.1 Å². The summed E-state index contributed by atoms with van der Waals surface area (Å²) >= 11 is 10.2. The molecule has 0 fully saturated rings. The molecule has 1 aliphatic carbocycles. The monoisotopic (exact) mass is 510 g/mol. The number of esters is 1. The Labute approximate surface area is 193 Å². The molecule has 0 aliphatic heterocycles. The zero-order chi connectivity index (χ0) is 21.7. The molecule has 6 nitrogen and oxygen atoms in total. The van der Waals surface area contributed by atoms with E-state index in [0.29, 0.717) is 35.1 Å². The van der Waals surface area contributed by atoms with Crippen LogP contribution in [0.15, 0.2) is 22.7 Å². The van der Waals surface area contributed by atoms with Gasteiger partial charge in [0.2, 0.25) is 0 Å². The number of carbonyl (C=O) groups is 2. The van der Waals surface area contributed by atoms with Gasteiger partial charge in [-0.05, 0) is 68.6 Å². The highest BCUT2D eigenvalue weighted by atomic mass is 79.9. The van der Waals surface area contributed by atoms with Gasteiger partial charge >= 0.3 is 5.97 Å². The Bertz CT molecular complexity index is 974. The van der Waals surface area contributed by atoms with E-state index in [9.17, 15) is 9.59 Å². The van der Waals surface area contributed by atoms with Crippen LogP contribution in [0.2, 0.25) is 0 Å². The van der Waals surface area contributed by atoms with E-state index in [0.717, 1.165) is 40.6 Å². The fourth-order valence-electron chi connectivity index (χ4n) is 3.23. The summed E-state index contributed by atoms with van der Waals surface area (Å²) in [5.41, 5.74) is 1.93. The fourth-order valence-corrected chi connectivity index (χ4v) is 5.14. The lowest BCUT2D eigenvalue weighted by Crippen LogP contribution is -2.34. The number of aryl methyl sites for hydroxylation is 1. The molecule has 0 radical (unpaired) electrons. The zero-order valence-corrected chi connectivity index (χ0v) is 20.0. The molecule has 1 amide bonds. The highest BCUT2D eigenvalue weighted by molar-refractivity contribution is 9.10. The predicted octanol–water partition coefficient (Wildman–Crippen LogP) is 5.09. The molecule has 9 heteroatoms. The van der Waals surface area contributed by atoms with Gasteiger partial charge < -0.3 is 14.8 Å². The molecule has 0 unspecified atom stereocenters. The number of nitrogens with one attached hydrogen (secondary N) is 2. The lowest BCUT2D eigenvalue weighted by molar-refractivity contribution is 0.0527. The smallest absolute Gasteiger partial charge is 0.341 e. The first-order valence-electron chi connectivity index (χ1n) is 9.80. The highest BCUT2D eigenvalue weighted by Gasteiger charge is 2.28. The van der Waals surface area contributed by atoms with Crippen molar-refractivity contribution in [1.82, 2.24) is 5.32 Å². The van der Waals surface area contributed by atoms with Crippen LogP contribution >= 0.6 is 39.5 Å². The minimum Gasteiger partial charge on any atom is -0.493 e. The molecule has 0 saturated carbocycles. The molecule has 0 atom stereocenters. The Morgan fingerprint density at radius 3 is 2.80 bits per heavy atom. The first-order valence-corrected chi connectivity index (χ1v) is 11.8. The van der Waals surface area contributed by atoms with Gasteiger partial charge in [0.1, 0.15) is 10.8 Å². The summed E-state index contributed by atoms with van der Waals surface area (Å²) in [6, 6.07) is 5.25. The molecule has 2 N–H and O–H groups in total. The molecule has 1 aromatic carbocycles. The Kier molecular flexibility index (Phi) is 7.85. The lowest BCUT2D eigenvalue weighted by Gasteiger charge is -2.13. The first-order chi connectivity index (χ1) is 14.4. The first kappa shape index (κ1) is 22.7. The molecule has 0 spiro atoms. The summed E-state index contributed by atoms with van der Waals surface area (Å²) in [6.45, 7) is 4.58. The van der Waals surface area contributed by atoms with E-state index in [-0.39, 0.29) is 17.0 Å². The zero-order valence-electron chi connectivity index (χ0n) is 16.8. The summed E-state index contributed by atoms with van der Waals surface area (Å²) in [5, 5.41) is 6.44. The summed E-state index contributed by atoms with van der Waals surface area (Å²) < 4.78 is 11.7. The Balaban J connectivity index is 1.76. The number of fused-ring (bicyclic) bond motifs is 1. The van der Waals surface area contributed by atoms with Crippen LogP contribution in [-0.2, 0) is 17.6 Å². The number of amides is 1. The van der Waals surface area contributed by atoms with Crippen LogP contribution < -0.4 is 15.4 Å². The van der Waals surface area contributed by atoms with E-state index in [4.69, 9.17) is 21.7 Å². The number of halogens is 1. The second-order valence-electron chi connectivity index (χ2n) is 6.68. The van der Waals surface area contributed by atoms with E-state index in [1.807, 2.05) is 13.0 Å². The summed E-state index contributed by atoms with van der Waals surface area (Å²) in [4.78, 5) is 26.5. The van der Waals surface area contributed by atoms with Crippen molar-refractivity contribution in [1.29, 1.82) is 0 Å². The maximum Gasteiger partial charge on any atom is 0.341 e. The van der Waals surface area contributed by atoms with Crippen LogP contribution in [0.4, 0.5) is 5.00 Å². The molecule has 160 valence electrons. The average molecular weight is 511 g/mol. The van der Waals surface area contributed by atoms with E-state index >= 15 is 0 Å². The lowest BCUT2D eigenvalue weighted by atomic mass is 10.1. The summed E-state index contributed by atoms with van der Waals surface area (Å²) in [6.07, 6.45) is 3.63. The van der Waals surface area contributed by atoms with Gasteiger partial charge in [-0.3, -0.25) is 10.1 Å². The second-order valence-corrected chi connectivity index (χ2v) is 9.11. The van der Waals surface area contributed by atoms with Crippen LogP contribution in [0, 0.1) is 0 Å². The Hall–Kier alpha value is -1.97. The average Bonchev–Trinajstić information content (AvgIpc) is 3.27. The van der Waals surface area contributed by atoms with E-state index in [2.05, 4.69) is 26.6 Å². The van der Waals surface area contributed by atoms with Crippen molar-refractivity contribution in [2.75, 3.05) is 18.5 Å². The number of rotatable bonds is 7. The number of thiocarbonyl (C=S) groups is 1. The normalized spacial score (nSPS) is 12.2. The van der Waals surface area contributed by atoms with Gasteiger partial charge in [-0.15, -0.1) is 11.3 Å². The molecule has 1 aromatic heterocycles. The molecular weight excluding hydrogens is 488 g/mol. The number of anilines is 1. The molecule has 1 aliphatic rings. The summed E-state index contributed by atoms with van der Waals surface area (Å²) in [7, 11) is 0. The predicted molar refractivity (Wildman–Crippen MR) is 126 cm³/mol. The Morgan fingerprint density at radius 1 is 1.27 bits per heavy atom. The van der Waals surface area contributed by atoms with Crippen molar-refractivity contribution in [3.05, 3.63) is 44.2 Å². The number of thiophene rings is 1. The van der Waals surface area contributed by atoms with Crippen LogP contribution in [0.1, 0.15) is 57.8 Å². The van der Waals surface area contributed by atoms with Crippen LogP contribution in [-0.4, -0.2) is 30.2 Å². The SMILES string of the molecule is CCCOc1ccc(Br)cc1C(=O)NC(=S)Nc1sc2c(c1C(=O)OCC)CCC2. The highest BCUT2D eigenvalue weighted by Crippen LogP contribution is 2.39. The number of hydrogen-bond donors (Lipinski definition) is 2. The van der Waals surface area contributed by atoms with Crippen molar-refractivity contribution in [3.63, 3.8) is 0 Å². The minimum atomic E-state index is -0.387. The molecule has 0 saturated heterocycles. The van der Waals surface area contributed by atoms with Crippen LogP contribution in [0.3, 0.4) is 0 Å². The maximum atomic E-state index is 12.8. The standard InChI is InChI=1S/C21H23BrN2O4S2/c1-3-10-28-15-9-8-12(22)11-14(15)18(25)23-21(29)24-19-17(20(26)27-4-2)13-6-5-7-16(13)30-19/h8-9,11H,3-7,10H2,1-2H3,(H2,23,24,25,29). The van der Waals surface area contributed by atoms with Crippen molar-refractivity contribution < 1.29 is 19.1 Å². The van der Waals surface area contributed by atoms with Gasteiger partial charge in [-0.2, -0.15) is 0 Å². The number of carbonyl (C=O) groups excluding carboxylic acids is 2. The van der Waals surface area contributed by atoms with Crippen molar-refractivity contribution in [3.8, 4) is 5.75 Å². The second kappa shape index (κ2) is 10.4. The Morgan fingerprint density at radius 2 is 2.07 bits per heavy atom. The molecule has 2 aromatic rings. The van der Waals surface area contributed by atoms with Gasteiger partial charge in [0, 0.05) is 9.35 Å². The minimum absolute atomic E-state index is 0.117. The number of hydrogen-bond acceptors (Lipinski definition) is 6. The maximum absolute atomic E-state index is 12.8. The third-order valence-corrected chi connectivity index (χ3v) is 6.41. The third kappa shape index (κ3) is 5.19. The third-order valence-electron chi connectivity index (χ3n) is 4.50.